The van der Waals surface area contributed by atoms with Crippen molar-refractivity contribution in [1.29, 1.82) is 0 Å². The van der Waals surface area contributed by atoms with Gasteiger partial charge in [0.15, 0.2) is 5.96 Å². The van der Waals surface area contributed by atoms with Crippen molar-refractivity contribution in [2.45, 2.75) is 32.7 Å². The van der Waals surface area contributed by atoms with Crippen LogP contribution in [-0.2, 0) is 0 Å². The lowest BCUT2D eigenvalue weighted by Gasteiger charge is -2.24. The number of guanidine groups is 1. The first-order chi connectivity index (χ1) is 11.2. The van der Waals surface area contributed by atoms with Gasteiger partial charge in [-0.15, -0.1) is 24.0 Å². The fourth-order valence-electron chi connectivity index (χ4n) is 3.03. The molecule has 6 heteroatoms. The van der Waals surface area contributed by atoms with Crippen molar-refractivity contribution in [1.82, 2.24) is 15.5 Å². The molecule has 5 nitrogen and oxygen atoms in total. The molecule has 0 aliphatic carbocycles. The Morgan fingerprint density at radius 1 is 1.33 bits per heavy atom. The van der Waals surface area contributed by atoms with Crippen LogP contribution in [-0.4, -0.2) is 56.7 Å². The Labute approximate surface area is 163 Å². The molecule has 0 radical (unpaired) electrons. The Kier molecular flexibility index (Phi) is 10.1. The first-order valence-corrected chi connectivity index (χ1v) is 8.61. The van der Waals surface area contributed by atoms with Crippen LogP contribution in [0, 0.1) is 6.92 Å². The van der Waals surface area contributed by atoms with Crippen molar-refractivity contribution < 1.29 is 4.74 Å². The van der Waals surface area contributed by atoms with E-state index in [0.29, 0.717) is 12.6 Å². The molecular weight excluding hydrogens is 415 g/mol. The van der Waals surface area contributed by atoms with Crippen LogP contribution in [0.2, 0.25) is 0 Å². The summed E-state index contributed by atoms with van der Waals surface area (Å²) in [5.74, 6) is 1.79. The third-order valence-corrected chi connectivity index (χ3v) is 4.38. The number of para-hydroxylation sites is 1. The van der Waals surface area contributed by atoms with Crippen LogP contribution in [0.5, 0.6) is 5.75 Å². The zero-order valence-corrected chi connectivity index (χ0v) is 17.4. The molecule has 2 rings (SSSR count). The van der Waals surface area contributed by atoms with Gasteiger partial charge in [-0.05, 0) is 44.5 Å². The smallest absolute Gasteiger partial charge is 0.191 e. The fourth-order valence-corrected chi connectivity index (χ4v) is 3.03. The van der Waals surface area contributed by atoms with E-state index in [2.05, 4.69) is 40.4 Å². The van der Waals surface area contributed by atoms with E-state index in [-0.39, 0.29) is 24.0 Å². The van der Waals surface area contributed by atoms with E-state index in [9.17, 15) is 0 Å². The topological polar surface area (TPSA) is 48.9 Å². The number of nitrogens with zero attached hydrogens (tertiary/aromatic N) is 2. The van der Waals surface area contributed by atoms with Crippen molar-refractivity contribution in [3.8, 4) is 5.75 Å². The minimum Gasteiger partial charge on any atom is -0.491 e. The highest BCUT2D eigenvalue weighted by atomic mass is 127. The SMILES string of the molecule is CCN1CCCC1CNC(=NC)NCCOc1ccccc1C.I. The van der Waals surface area contributed by atoms with Crippen molar-refractivity contribution >= 4 is 29.9 Å². The zero-order chi connectivity index (χ0) is 16.5. The van der Waals surface area contributed by atoms with Crippen molar-refractivity contribution in [2.75, 3.05) is 39.8 Å². The average molecular weight is 446 g/mol. The summed E-state index contributed by atoms with van der Waals surface area (Å²) in [6.45, 7) is 8.94. The number of hydrogen-bond donors (Lipinski definition) is 2. The van der Waals surface area contributed by atoms with Gasteiger partial charge in [0.2, 0.25) is 0 Å². The molecule has 1 atom stereocenters. The number of benzene rings is 1. The van der Waals surface area contributed by atoms with Gasteiger partial charge in [-0.3, -0.25) is 9.89 Å². The summed E-state index contributed by atoms with van der Waals surface area (Å²) in [7, 11) is 1.81. The third-order valence-electron chi connectivity index (χ3n) is 4.38. The molecule has 1 aromatic carbocycles. The molecule has 1 saturated heterocycles. The largest absolute Gasteiger partial charge is 0.491 e. The van der Waals surface area contributed by atoms with E-state index < -0.39 is 0 Å². The highest BCUT2D eigenvalue weighted by Gasteiger charge is 2.22. The molecule has 0 aromatic heterocycles. The molecule has 1 unspecified atom stereocenters. The van der Waals surface area contributed by atoms with Crippen LogP contribution in [0.15, 0.2) is 29.3 Å². The predicted octanol–water partition coefficient (Wildman–Crippen LogP) is 2.64. The first kappa shape index (κ1) is 21.0. The minimum absolute atomic E-state index is 0. The van der Waals surface area contributed by atoms with E-state index in [0.717, 1.165) is 36.9 Å². The van der Waals surface area contributed by atoms with Gasteiger partial charge in [0.1, 0.15) is 12.4 Å². The number of halogens is 1. The summed E-state index contributed by atoms with van der Waals surface area (Å²) in [6.07, 6.45) is 2.57. The third kappa shape index (κ3) is 6.47. The average Bonchev–Trinajstić information content (AvgIpc) is 3.03. The highest BCUT2D eigenvalue weighted by molar-refractivity contribution is 14.0. The summed E-state index contributed by atoms with van der Waals surface area (Å²) in [6, 6.07) is 8.71. The van der Waals surface area contributed by atoms with Gasteiger partial charge in [0.25, 0.3) is 0 Å². The molecule has 1 aliphatic rings. The van der Waals surface area contributed by atoms with Gasteiger partial charge >= 0.3 is 0 Å². The molecule has 24 heavy (non-hydrogen) atoms. The van der Waals surface area contributed by atoms with Crippen molar-refractivity contribution in [3.63, 3.8) is 0 Å². The van der Waals surface area contributed by atoms with Gasteiger partial charge in [-0.25, -0.2) is 0 Å². The molecule has 1 heterocycles. The number of aryl methyl sites for hydroxylation is 1. The van der Waals surface area contributed by atoms with Crippen LogP contribution in [0.3, 0.4) is 0 Å². The van der Waals surface area contributed by atoms with Crippen LogP contribution in [0.25, 0.3) is 0 Å². The second kappa shape index (κ2) is 11.5. The Balaban J connectivity index is 0.00000288. The monoisotopic (exact) mass is 446 g/mol. The Hall–Kier alpha value is -1.02. The molecule has 136 valence electrons. The van der Waals surface area contributed by atoms with Crippen LogP contribution in [0.4, 0.5) is 0 Å². The van der Waals surface area contributed by atoms with Crippen molar-refractivity contribution in [2.24, 2.45) is 4.99 Å². The van der Waals surface area contributed by atoms with Gasteiger partial charge in [0, 0.05) is 19.6 Å². The van der Waals surface area contributed by atoms with Gasteiger partial charge < -0.3 is 15.4 Å². The zero-order valence-electron chi connectivity index (χ0n) is 15.0. The van der Waals surface area contributed by atoms with Crippen LogP contribution in [0.1, 0.15) is 25.3 Å². The van der Waals surface area contributed by atoms with Crippen LogP contribution >= 0.6 is 24.0 Å². The molecule has 2 N–H and O–H groups in total. The number of hydrogen-bond acceptors (Lipinski definition) is 3. The molecule has 1 aromatic rings. The molecular formula is C18H31IN4O. The number of likely N-dealkylation sites (tertiary alicyclic amines) is 1. The van der Waals surface area contributed by atoms with Gasteiger partial charge in [-0.1, -0.05) is 25.1 Å². The van der Waals surface area contributed by atoms with Gasteiger partial charge in [-0.2, -0.15) is 0 Å². The Morgan fingerprint density at radius 3 is 2.83 bits per heavy atom. The normalized spacial score (nSPS) is 18.1. The number of aliphatic imine (C=N–C) groups is 1. The second-order valence-corrected chi connectivity index (χ2v) is 5.92. The summed E-state index contributed by atoms with van der Waals surface area (Å²) < 4.78 is 5.79. The Morgan fingerprint density at radius 2 is 2.12 bits per heavy atom. The molecule has 0 saturated carbocycles. The first-order valence-electron chi connectivity index (χ1n) is 8.61. The number of rotatable bonds is 7. The van der Waals surface area contributed by atoms with E-state index in [4.69, 9.17) is 4.74 Å². The van der Waals surface area contributed by atoms with Crippen LogP contribution < -0.4 is 15.4 Å². The minimum atomic E-state index is 0. The second-order valence-electron chi connectivity index (χ2n) is 5.92. The number of likely N-dealkylation sites (N-methyl/N-ethyl adjacent to an activating group) is 1. The quantitative estimate of drug-likeness (QED) is 0.293. The van der Waals surface area contributed by atoms with Crippen molar-refractivity contribution in [3.05, 3.63) is 29.8 Å². The standard InChI is InChI=1S/C18H30N4O.HI/c1-4-22-12-7-9-16(22)14-21-18(19-3)20-11-13-23-17-10-6-5-8-15(17)2;/h5-6,8,10,16H,4,7,9,11-14H2,1-3H3,(H2,19,20,21);1H. The highest BCUT2D eigenvalue weighted by Crippen LogP contribution is 2.16. The fraction of sp³-hybridized carbons (Fsp3) is 0.611. The summed E-state index contributed by atoms with van der Waals surface area (Å²) in [4.78, 5) is 6.81. The Bertz CT molecular complexity index is 510. The molecule has 0 bridgehead atoms. The summed E-state index contributed by atoms with van der Waals surface area (Å²) in [5.41, 5.74) is 1.16. The maximum Gasteiger partial charge on any atom is 0.191 e. The van der Waals surface area contributed by atoms with E-state index in [1.54, 1.807) is 0 Å². The molecule has 0 amide bonds. The summed E-state index contributed by atoms with van der Waals surface area (Å²) in [5, 5.41) is 6.74. The molecule has 1 fully saturated rings. The number of ether oxygens (including phenoxy) is 1. The maximum absolute atomic E-state index is 5.79. The number of nitrogens with one attached hydrogen (secondary N) is 2. The van der Waals surface area contributed by atoms with E-state index in [1.807, 2.05) is 25.2 Å². The lowest BCUT2D eigenvalue weighted by Crippen LogP contribution is -2.45. The lowest BCUT2D eigenvalue weighted by molar-refractivity contribution is 0.266. The molecule has 0 spiro atoms. The molecule has 1 aliphatic heterocycles. The van der Waals surface area contributed by atoms with E-state index in [1.165, 1.54) is 19.4 Å². The van der Waals surface area contributed by atoms with E-state index >= 15 is 0 Å². The maximum atomic E-state index is 5.79. The summed E-state index contributed by atoms with van der Waals surface area (Å²) >= 11 is 0. The predicted molar refractivity (Wildman–Crippen MR) is 112 cm³/mol. The van der Waals surface area contributed by atoms with Gasteiger partial charge in [0.05, 0.1) is 6.54 Å². The lowest BCUT2D eigenvalue weighted by atomic mass is 10.2.